The molecule has 0 fully saturated rings. The molecule has 1 atom stereocenters. The maximum absolute atomic E-state index is 12.9. The normalized spacial score (nSPS) is 14.6. The van der Waals surface area contributed by atoms with E-state index in [2.05, 4.69) is 5.32 Å². The van der Waals surface area contributed by atoms with E-state index in [4.69, 9.17) is 23.2 Å². The molecular weight excluding hydrogens is 375 g/mol. The Kier molecular flexibility index (Phi) is 5.03. The third-order valence-corrected chi connectivity index (χ3v) is 4.57. The van der Waals surface area contributed by atoms with Crippen molar-refractivity contribution in [2.45, 2.75) is 19.9 Å². The molecule has 1 heterocycles. The molecule has 0 aromatic heterocycles. The van der Waals surface area contributed by atoms with E-state index in [0.717, 1.165) is 4.90 Å². The quantitative estimate of drug-likeness (QED) is 0.793. The lowest BCUT2D eigenvalue weighted by Gasteiger charge is -2.28. The number of fused-ring (bicyclic) bond motifs is 1. The van der Waals surface area contributed by atoms with Crippen molar-refractivity contribution in [3.63, 3.8) is 0 Å². The Morgan fingerprint density at radius 1 is 0.962 bits per heavy atom. The maximum Gasteiger partial charge on any atom is 0.262 e. The summed E-state index contributed by atoms with van der Waals surface area (Å²) in [7, 11) is 0. The van der Waals surface area contributed by atoms with Gasteiger partial charge in [0.05, 0.1) is 11.1 Å². The number of imide groups is 1. The highest BCUT2D eigenvalue weighted by Crippen LogP contribution is 2.28. The van der Waals surface area contributed by atoms with Gasteiger partial charge in [-0.05, 0) is 36.2 Å². The molecule has 7 heteroatoms. The zero-order valence-corrected chi connectivity index (χ0v) is 15.6. The summed E-state index contributed by atoms with van der Waals surface area (Å²) in [5.41, 5.74) is 1.01. The molecule has 1 N–H and O–H groups in total. The van der Waals surface area contributed by atoms with Gasteiger partial charge in [0.25, 0.3) is 11.8 Å². The minimum atomic E-state index is -0.958. The SMILES string of the molecule is CC(C)[C@H](C(=O)Nc1cc(Cl)cc(Cl)c1)N1C(=O)c2ccccc2C1=O. The van der Waals surface area contributed by atoms with Crippen molar-refractivity contribution in [2.75, 3.05) is 5.32 Å². The number of carbonyl (C=O) groups excluding carboxylic acids is 3. The summed E-state index contributed by atoms with van der Waals surface area (Å²) in [6.07, 6.45) is 0. The number of hydrogen-bond acceptors (Lipinski definition) is 3. The van der Waals surface area contributed by atoms with Crippen LogP contribution in [0.2, 0.25) is 10.0 Å². The third-order valence-electron chi connectivity index (χ3n) is 4.13. The Morgan fingerprint density at radius 3 is 1.92 bits per heavy atom. The Morgan fingerprint density at radius 2 is 1.46 bits per heavy atom. The molecule has 0 radical (unpaired) electrons. The van der Waals surface area contributed by atoms with Gasteiger partial charge in [0, 0.05) is 15.7 Å². The largest absolute Gasteiger partial charge is 0.324 e. The van der Waals surface area contributed by atoms with Gasteiger partial charge >= 0.3 is 0 Å². The molecule has 2 aromatic carbocycles. The van der Waals surface area contributed by atoms with Gasteiger partial charge in [-0.1, -0.05) is 49.2 Å². The molecule has 0 saturated carbocycles. The first-order chi connectivity index (χ1) is 12.3. The fourth-order valence-electron chi connectivity index (χ4n) is 3.02. The predicted octanol–water partition coefficient (Wildman–Crippen LogP) is 4.25. The van der Waals surface area contributed by atoms with Crippen molar-refractivity contribution >= 4 is 46.6 Å². The van der Waals surface area contributed by atoms with Crippen LogP contribution in [0.5, 0.6) is 0 Å². The predicted molar refractivity (Wildman–Crippen MR) is 101 cm³/mol. The zero-order valence-electron chi connectivity index (χ0n) is 14.1. The number of halogens is 2. The molecule has 0 unspecified atom stereocenters. The van der Waals surface area contributed by atoms with Crippen LogP contribution >= 0.6 is 23.2 Å². The number of nitrogens with one attached hydrogen (secondary N) is 1. The molecular formula is C19H16Cl2N2O3. The minimum Gasteiger partial charge on any atom is -0.324 e. The molecule has 3 rings (SSSR count). The molecule has 0 saturated heterocycles. The van der Waals surface area contributed by atoms with E-state index in [1.807, 2.05) is 0 Å². The Hall–Kier alpha value is -2.37. The number of amides is 3. The lowest BCUT2D eigenvalue weighted by molar-refractivity contribution is -0.121. The standard InChI is InChI=1S/C19H16Cl2N2O3/c1-10(2)16(17(24)22-13-8-11(20)7-12(21)9-13)23-18(25)14-5-3-4-6-15(14)19(23)26/h3-10,16H,1-2H3,(H,22,24)/t16-/m1/s1. The third kappa shape index (κ3) is 3.32. The van der Waals surface area contributed by atoms with E-state index >= 15 is 0 Å². The first-order valence-electron chi connectivity index (χ1n) is 8.03. The van der Waals surface area contributed by atoms with Crippen LogP contribution in [-0.4, -0.2) is 28.7 Å². The van der Waals surface area contributed by atoms with Crippen LogP contribution in [0.4, 0.5) is 5.69 Å². The van der Waals surface area contributed by atoms with Crippen LogP contribution in [0, 0.1) is 5.92 Å². The highest BCUT2D eigenvalue weighted by Gasteiger charge is 2.43. The summed E-state index contributed by atoms with van der Waals surface area (Å²) in [6.45, 7) is 3.55. The van der Waals surface area contributed by atoms with E-state index in [0.29, 0.717) is 26.9 Å². The second-order valence-corrected chi connectivity index (χ2v) is 7.23. The molecule has 0 spiro atoms. The van der Waals surface area contributed by atoms with Gasteiger partial charge in [-0.25, -0.2) is 0 Å². The highest BCUT2D eigenvalue weighted by molar-refractivity contribution is 6.35. The smallest absolute Gasteiger partial charge is 0.262 e. The molecule has 0 aliphatic carbocycles. The second kappa shape index (κ2) is 7.09. The van der Waals surface area contributed by atoms with Gasteiger partial charge in [0.1, 0.15) is 6.04 Å². The van der Waals surface area contributed by atoms with Gasteiger partial charge in [0.2, 0.25) is 5.91 Å². The molecule has 5 nitrogen and oxygen atoms in total. The Bertz CT molecular complexity index is 856. The first kappa shape index (κ1) is 18.4. The maximum atomic E-state index is 12.9. The van der Waals surface area contributed by atoms with E-state index < -0.39 is 23.8 Å². The van der Waals surface area contributed by atoms with Crippen LogP contribution < -0.4 is 5.32 Å². The van der Waals surface area contributed by atoms with Crippen molar-refractivity contribution in [3.05, 3.63) is 63.6 Å². The monoisotopic (exact) mass is 390 g/mol. The van der Waals surface area contributed by atoms with Gasteiger partial charge in [-0.3, -0.25) is 19.3 Å². The van der Waals surface area contributed by atoms with Gasteiger partial charge in [0.15, 0.2) is 0 Å². The number of carbonyl (C=O) groups is 3. The molecule has 26 heavy (non-hydrogen) atoms. The van der Waals surface area contributed by atoms with Crippen molar-refractivity contribution in [3.8, 4) is 0 Å². The summed E-state index contributed by atoms with van der Waals surface area (Å²) >= 11 is 11.9. The van der Waals surface area contributed by atoms with E-state index in [1.165, 1.54) is 0 Å². The van der Waals surface area contributed by atoms with Crippen LogP contribution in [0.15, 0.2) is 42.5 Å². The summed E-state index contributed by atoms with van der Waals surface area (Å²) in [5.74, 6) is -1.70. The van der Waals surface area contributed by atoms with E-state index in [1.54, 1.807) is 56.3 Å². The average molecular weight is 391 g/mol. The van der Waals surface area contributed by atoms with Crippen LogP contribution in [0.3, 0.4) is 0 Å². The summed E-state index contributed by atoms with van der Waals surface area (Å²) in [4.78, 5) is 39.3. The van der Waals surface area contributed by atoms with Crippen molar-refractivity contribution in [1.29, 1.82) is 0 Å². The van der Waals surface area contributed by atoms with Gasteiger partial charge in [-0.15, -0.1) is 0 Å². The van der Waals surface area contributed by atoms with Crippen molar-refractivity contribution in [2.24, 2.45) is 5.92 Å². The highest BCUT2D eigenvalue weighted by atomic mass is 35.5. The van der Waals surface area contributed by atoms with E-state index in [9.17, 15) is 14.4 Å². The molecule has 3 amide bonds. The number of hydrogen-bond donors (Lipinski definition) is 1. The lowest BCUT2D eigenvalue weighted by Crippen LogP contribution is -2.50. The van der Waals surface area contributed by atoms with Crippen molar-refractivity contribution in [1.82, 2.24) is 4.90 Å². The number of rotatable bonds is 4. The topological polar surface area (TPSA) is 66.5 Å². The lowest BCUT2D eigenvalue weighted by atomic mass is 10.0. The molecule has 134 valence electrons. The average Bonchev–Trinajstić information content (AvgIpc) is 2.79. The van der Waals surface area contributed by atoms with Gasteiger partial charge < -0.3 is 5.32 Å². The second-order valence-electron chi connectivity index (χ2n) is 6.36. The van der Waals surface area contributed by atoms with Crippen LogP contribution in [0.25, 0.3) is 0 Å². The first-order valence-corrected chi connectivity index (χ1v) is 8.79. The fourth-order valence-corrected chi connectivity index (χ4v) is 3.55. The number of anilines is 1. The summed E-state index contributed by atoms with van der Waals surface area (Å²) < 4.78 is 0. The molecule has 1 aliphatic heterocycles. The Balaban J connectivity index is 1.91. The van der Waals surface area contributed by atoms with Crippen LogP contribution in [0.1, 0.15) is 34.6 Å². The fraction of sp³-hybridized carbons (Fsp3) is 0.211. The summed E-state index contributed by atoms with van der Waals surface area (Å²) in [5, 5.41) is 3.44. The number of benzene rings is 2. The van der Waals surface area contributed by atoms with Crippen molar-refractivity contribution < 1.29 is 14.4 Å². The zero-order chi connectivity index (χ0) is 19.0. The van der Waals surface area contributed by atoms with E-state index in [-0.39, 0.29) is 5.92 Å². The van der Waals surface area contributed by atoms with Gasteiger partial charge in [-0.2, -0.15) is 0 Å². The molecule has 0 bridgehead atoms. The number of nitrogens with zero attached hydrogens (tertiary/aromatic N) is 1. The van der Waals surface area contributed by atoms with Crippen LogP contribution in [-0.2, 0) is 4.79 Å². The molecule has 2 aromatic rings. The summed E-state index contributed by atoms with van der Waals surface area (Å²) in [6, 6.07) is 10.2. The molecule has 1 aliphatic rings. The minimum absolute atomic E-state index is 0.285. The Labute approximate surface area is 160 Å².